The molecule has 0 unspecified atom stereocenters. The number of fused-ring (bicyclic) bond motifs is 1. The maximum Gasteiger partial charge on any atom is 0.116 e. The lowest BCUT2D eigenvalue weighted by Crippen LogP contribution is -2.48. The van der Waals surface area contributed by atoms with Gasteiger partial charge in [-0.25, -0.2) is 0 Å². The van der Waals surface area contributed by atoms with Crippen molar-refractivity contribution in [2.75, 3.05) is 36.8 Å². The van der Waals surface area contributed by atoms with E-state index in [0.717, 1.165) is 36.8 Å². The molecule has 164 valence electrons. The first kappa shape index (κ1) is 21.2. The van der Waals surface area contributed by atoms with Crippen LogP contribution in [-0.4, -0.2) is 48.0 Å². The van der Waals surface area contributed by atoms with Crippen molar-refractivity contribution in [2.24, 2.45) is 0 Å². The molecule has 1 fully saturated rings. The Kier molecular flexibility index (Phi) is 5.99. The van der Waals surface area contributed by atoms with Crippen molar-refractivity contribution in [1.29, 1.82) is 0 Å². The topological polar surface area (TPSA) is 26.7 Å². The highest BCUT2D eigenvalue weighted by Crippen LogP contribution is 2.45. The van der Waals surface area contributed by atoms with Crippen LogP contribution in [0.4, 0.5) is 5.69 Å². The van der Waals surface area contributed by atoms with Crippen molar-refractivity contribution in [3.05, 3.63) is 89.5 Å². The van der Waals surface area contributed by atoms with Crippen LogP contribution >= 0.6 is 11.8 Å². The predicted octanol–water partition coefficient (Wildman–Crippen LogP) is 5.99. The first-order valence-corrected chi connectivity index (χ1v) is 12.4. The smallest absolute Gasteiger partial charge is 0.116 e. The van der Waals surface area contributed by atoms with Crippen LogP contribution in [0.3, 0.4) is 0 Å². The fraction of sp³-hybridized carbons (Fsp3) is 0.286. The Morgan fingerprint density at radius 1 is 0.812 bits per heavy atom. The molecule has 0 radical (unpaired) electrons. The zero-order valence-electron chi connectivity index (χ0n) is 18.8. The van der Waals surface area contributed by atoms with Gasteiger partial charge in [0.1, 0.15) is 5.75 Å². The van der Waals surface area contributed by atoms with E-state index in [9.17, 15) is 5.11 Å². The lowest BCUT2D eigenvalue weighted by molar-refractivity contribution is 0.209. The van der Waals surface area contributed by atoms with Gasteiger partial charge in [-0.15, -0.1) is 11.8 Å². The minimum Gasteiger partial charge on any atom is -0.508 e. The van der Waals surface area contributed by atoms with E-state index in [1.165, 1.54) is 33.5 Å². The first-order valence-electron chi connectivity index (χ1n) is 11.4. The molecule has 5 rings (SSSR count). The lowest BCUT2D eigenvalue weighted by atomic mass is 9.89. The first-order chi connectivity index (χ1) is 15.6. The van der Waals surface area contributed by atoms with Crippen LogP contribution in [0, 0.1) is 0 Å². The summed E-state index contributed by atoms with van der Waals surface area (Å²) in [4.78, 5) is 6.19. The van der Waals surface area contributed by atoms with Gasteiger partial charge in [0.15, 0.2) is 0 Å². The molecular weight excluding hydrogens is 412 g/mol. The lowest BCUT2D eigenvalue weighted by Gasteiger charge is -2.38. The number of aromatic hydroxyl groups is 1. The standard InChI is InChI=1S/C28H30N2OS/c1-20(2)29-14-16-30(17-15-29)23-10-8-22(9-11-23)28-25-13-12-24(31)18-27(25)32-19-26(28)21-6-4-3-5-7-21/h3-13,18,20,31H,14-17,19H2,1-2H3. The molecule has 2 aliphatic heterocycles. The second kappa shape index (κ2) is 9.05. The van der Waals surface area contributed by atoms with Crippen molar-refractivity contribution in [1.82, 2.24) is 4.90 Å². The maximum absolute atomic E-state index is 10.0. The average Bonchev–Trinajstić information content (AvgIpc) is 2.84. The summed E-state index contributed by atoms with van der Waals surface area (Å²) in [6.45, 7) is 8.96. The molecule has 0 bridgehead atoms. The minimum atomic E-state index is 0.328. The molecule has 32 heavy (non-hydrogen) atoms. The second-order valence-electron chi connectivity index (χ2n) is 8.85. The monoisotopic (exact) mass is 442 g/mol. The summed E-state index contributed by atoms with van der Waals surface area (Å²) in [7, 11) is 0. The zero-order valence-corrected chi connectivity index (χ0v) is 19.6. The van der Waals surface area contributed by atoms with Gasteiger partial charge in [-0.1, -0.05) is 42.5 Å². The van der Waals surface area contributed by atoms with E-state index >= 15 is 0 Å². The fourth-order valence-electron chi connectivity index (χ4n) is 4.75. The van der Waals surface area contributed by atoms with Crippen LogP contribution < -0.4 is 4.90 Å². The Labute approximate surface area is 195 Å². The Morgan fingerprint density at radius 2 is 1.53 bits per heavy atom. The number of hydrogen-bond donors (Lipinski definition) is 1. The van der Waals surface area contributed by atoms with Crippen LogP contribution in [0.1, 0.15) is 30.5 Å². The van der Waals surface area contributed by atoms with E-state index in [-0.39, 0.29) is 0 Å². The molecule has 0 atom stereocenters. The maximum atomic E-state index is 10.0. The van der Waals surface area contributed by atoms with Crippen molar-refractivity contribution in [2.45, 2.75) is 24.8 Å². The highest BCUT2D eigenvalue weighted by Gasteiger charge is 2.23. The summed E-state index contributed by atoms with van der Waals surface area (Å²) in [6, 6.07) is 26.2. The van der Waals surface area contributed by atoms with Crippen LogP contribution in [-0.2, 0) is 0 Å². The van der Waals surface area contributed by atoms with Crippen LogP contribution in [0.5, 0.6) is 5.75 Å². The van der Waals surface area contributed by atoms with Gasteiger partial charge in [0.2, 0.25) is 0 Å². The average molecular weight is 443 g/mol. The number of phenols is 1. The van der Waals surface area contributed by atoms with Gasteiger partial charge in [0.25, 0.3) is 0 Å². The molecule has 0 saturated carbocycles. The van der Waals surface area contributed by atoms with Crippen molar-refractivity contribution < 1.29 is 5.11 Å². The molecule has 0 spiro atoms. The molecule has 4 heteroatoms. The quantitative estimate of drug-likeness (QED) is 0.537. The third-order valence-corrected chi connectivity index (χ3v) is 7.68. The van der Waals surface area contributed by atoms with E-state index in [1.807, 2.05) is 6.07 Å². The number of hydrogen-bond acceptors (Lipinski definition) is 4. The third-order valence-electron chi connectivity index (χ3n) is 6.60. The van der Waals surface area contributed by atoms with E-state index in [2.05, 4.69) is 84.3 Å². The molecule has 2 aliphatic rings. The van der Waals surface area contributed by atoms with E-state index in [0.29, 0.717) is 11.8 Å². The molecule has 0 aromatic heterocycles. The van der Waals surface area contributed by atoms with Gasteiger partial charge in [-0.3, -0.25) is 4.90 Å². The van der Waals surface area contributed by atoms with Gasteiger partial charge in [-0.05, 0) is 72.0 Å². The molecule has 1 saturated heterocycles. The molecule has 0 amide bonds. The SMILES string of the molecule is CC(C)N1CCN(c2ccc(C3=C(c4ccccc4)CSc4cc(O)ccc43)cc2)CC1. The molecule has 0 aliphatic carbocycles. The third kappa shape index (κ3) is 4.17. The summed E-state index contributed by atoms with van der Waals surface area (Å²) in [5, 5.41) is 10.0. The Hall–Kier alpha value is -2.69. The Morgan fingerprint density at radius 3 is 2.22 bits per heavy atom. The van der Waals surface area contributed by atoms with Crippen molar-refractivity contribution in [3.63, 3.8) is 0 Å². The van der Waals surface area contributed by atoms with Crippen LogP contribution in [0.25, 0.3) is 11.1 Å². The van der Waals surface area contributed by atoms with Crippen molar-refractivity contribution in [3.8, 4) is 5.75 Å². The Bertz CT molecular complexity index is 1110. The van der Waals surface area contributed by atoms with Gasteiger partial charge >= 0.3 is 0 Å². The number of rotatable bonds is 4. The zero-order chi connectivity index (χ0) is 22.1. The number of thioether (sulfide) groups is 1. The summed E-state index contributed by atoms with van der Waals surface area (Å²) in [6.07, 6.45) is 0. The van der Waals surface area contributed by atoms with Gasteiger partial charge < -0.3 is 10.0 Å². The Balaban J connectivity index is 1.50. The molecule has 3 aromatic rings. The molecular formula is C28H30N2OS. The van der Waals surface area contributed by atoms with E-state index < -0.39 is 0 Å². The second-order valence-corrected chi connectivity index (χ2v) is 9.87. The normalized spacial score (nSPS) is 17.0. The number of benzene rings is 3. The predicted molar refractivity (Wildman–Crippen MR) is 137 cm³/mol. The van der Waals surface area contributed by atoms with E-state index in [1.54, 1.807) is 17.8 Å². The highest BCUT2D eigenvalue weighted by atomic mass is 32.2. The highest BCUT2D eigenvalue weighted by molar-refractivity contribution is 7.99. The minimum absolute atomic E-state index is 0.328. The molecule has 1 N–H and O–H groups in total. The molecule has 2 heterocycles. The number of nitrogens with zero attached hydrogens (tertiary/aromatic N) is 2. The largest absolute Gasteiger partial charge is 0.508 e. The number of phenolic OH excluding ortho intramolecular Hbond substituents is 1. The summed E-state index contributed by atoms with van der Waals surface area (Å²) >= 11 is 1.80. The van der Waals surface area contributed by atoms with Gasteiger partial charge in [0.05, 0.1) is 0 Å². The fourth-order valence-corrected chi connectivity index (χ4v) is 5.89. The summed E-state index contributed by atoms with van der Waals surface area (Å²) in [5.74, 6) is 1.23. The van der Waals surface area contributed by atoms with E-state index in [4.69, 9.17) is 0 Å². The van der Waals surface area contributed by atoms with Gasteiger partial charge in [0, 0.05) is 48.6 Å². The summed E-state index contributed by atoms with van der Waals surface area (Å²) in [5.41, 5.74) is 7.64. The number of piperazine rings is 1. The van der Waals surface area contributed by atoms with Gasteiger partial charge in [-0.2, -0.15) is 0 Å². The van der Waals surface area contributed by atoms with Crippen molar-refractivity contribution >= 4 is 28.6 Å². The molecule has 3 aromatic carbocycles. The van der Waals surface area contributed by atoms with Crippen LogP contribution in [0.15, 0.2) is 77.7 Å². The molecule has 3 nitrogen and oxygen atoms in total. The number of anilines is 1. The van der Waals surface area contributed by atoms with Crippen LogP contribution in [0.2, 0.25) is 0 Å². The summed E-state index contributed by atoms with van der Waals surface area (Å²) < 4.78 is 0.